The molecule has 0 aliphatic rings. The number of rotatable bonds is 0. The molecule has 0 aliphatic carbocycles. The van der Waals surface area contributed by atoms with Crippen molar-refractivity contribution in [2.24, 2.45) is 0 Å². The third-order valence-corrected chi connectivity index (χ3v) is 4.22. The van der Waals surface area contributed by atoms with Gasteiger partial charge in [0.05, 0.1) is 0 Å². The van der Waals surface area contributed by atoms with E-state index in [4.69, 9.17) is 0 Å². The van der Waals surface area contributed by atoms with E-state index in [9.17, 15) is 0 Å². The molecule has 0 heteroatoms. The molecule has 2 rings (SSSR count). The van der Waals surface area contributed by atoms with Gasteiger partial charge in [0.25, 0.3) is 0 Å². The molecule has 0 N–H and O–H groups in total. The minimum Gasteiger partial charge on any atom is -0.0614 e. The van der Waals surface area contributed by atoms with Crippen LogP contribution in [0.4, 0.5) is 0 Å². The summed E-state index contributed by atoms with van der Waals surface area (Å²) in [4.78, 5) is 0. The van der Waals surface area contributed by atoms with Crippen molar-refractivity contribution < 1.29 is 0 Å². The van der Waals surface area contributed by atoms with E-state index in [0.29, 0.717) is 0 Å². The lowest BCUT2D eigenvalue weighted by molar-refractivity contribution is 0.565. The van der Waals surface area contributed by atoms with Crippen molar-refractivity contribution in [1.29, 1.82) is 0 Å². The standard InChI is InChI=1S/C20H28/c1-13-10-9-11-15-16(13)12-17(19(3,4)5)14(2)18(15)20(6,7)8/h9-12H,1-8H3. The zero-order valence-electron chi connectivity index (χ0n) is 14.3. The predicted molar refractivity (Wildman–Crippen MR) is 90.8 cm³/mol. The highest BCUT2D eigenvalue weighted by molar-refractivity contribution is 5.91. The van der Waals surface area contributed by atoms with E-state index in [-0.39, 0.29) is 10.8 Å². The summed E-state index contributed by atoms with van der Waals surface area (Å²) in [6.07, 6.45) is 0. The van der Waals surface area contributed by atoms with E-state index < -0.39 is 0 Å². The van der Waals surface area contributed by atoms with Crippen molar-refractivity contribution in [2.75, 3.05) is 0 Å². The molecular weight excluding hydrogens is 240 g/mol. The van der Waals surface area contributed by atoms with Crippen molar-refractivity contribution in [1.82, 2.24) is 0 Å². The molecule has 0 saturated carbocycles. The second kappa shape index (κ2) is 4.62. The van der Waals surface area contributed by atoms with E-state index in [1.165, 1.54) is 33.0 Å². The molecule has 0 bridgehead atoms. The first-order chi connectivity index (χ1) is 9.03. The minimum atomic E-state index is 0.164. The van der Waals surface area contributed by atoms with E-state index in [1.54, 1.807) is 0 Å². The first-order valence-corrected chi connectivity index (χ1v) is 7.57. The molecular formula is C20H28. The molecule has 0 spiro atoms. The quantitative estimate of drug-likeness (QED) is 0.545. The van der Waals surface area contributed by atoms with Crippen LogP contribution >= 0.6 is 0 Å². The fourth-order valence-electron chi connectivity index (χ4n) is 3.43. The maximum atomic E-state index is 2.41. The van der Waals surface area contributed by atoms with Crippen LogP contribution in [0.15, 0.2) is 24.3 Å². The lowest BCUT2D eigenvalue weighted by atomic mass is 9.74. The summed E-state index contributed by atoms with van der Waals surface area (Å²) in [5.74, 6) is 0. The van der Waals surface area contributed by atoms with Gasteiger partial charge in [-0.15, -0.1) is 0 Å². The molecule has 20 heavy (non-hydrogen) atoms. The van der Waals surface area contributed by atoms with Crippen molar-refractivity contribution in [2.45, 2.75) is 66.2 Å². The average molecular weight is 268 g/mol. The molecule has 0 saturated heterocycles. The van der Waals surface area contributed by atoms with Crippen LogP contribution in [-0.4, -0.2) is 0 Å². The number of benzene rings is 2. The number of fused-ring (bicyclic) bond motifs is 1. The van der Waals surface area contributed by atoms with Gasteiger partial charge in [-0.1, -0.05) is 65.8 Å². The lowest BCUT2D eigenvalue weighted by Crippen LogP contribution is -2.20. The fraction of sp³-hybridized carbons (Fsp3) is 0.500. The molecule has 0 fully saturated rings. The predicted octanol–water partition coefficient (Wildman–Crippen LogP) is 6.05. The smallest absolute Gasteiger partial charge is 0.0123 e. The molecule has 108 valence electrons. The van der Waals surface area contributed by atoms with Crippen molar-refractivity contribution >= 4 is 10.8 Å². The molecule has 0 atom stereocenters. The number of aryl methyl sites for hydroxylation is 1. The average Bonchev–Trinajstić information content (AvgIpc) is 2.24. The Balaban J connectivity index is 3.01. The fourth-order valence-corrected chi connectivity index (χ4v) is 3.43. The van der Waals surface area contributed by atoms with Gasteiger partial charge < -0.3 is 0 Å². The first kappa shape index (κ1) is 15.1. The van der Waals surface area contributed by atoms with Gasteiger partial charge in [-0.2, -0.15) is 0 Å². The molecule has 0 aromatic heterocycles. The highest BCUT2D eigenvalue weighted by atomic mass is 14.3. The SMILES string of the molecule is Cc1c(C(C)(C)C)cc2c(C)cccc2c1C(C)(C)C. The summed E-state index contributed by atoms with van der Waals surface area (Å²) < 4.78 is 0. The Hall–Kier alpha value is -1.30. The minimum absolute atomic E-state index is 0.164. The molecule has 0 aliphatic heterocycles. The van der Waals surface area contributed by atoms with Crippen LogP contribution in [0, 0.1) is 13.8 Å². The molecule has 2 aromatic rings. The third-order valence-electron chi connectivity index (χ3n) is 4.22. The molecule has 0 amide bonds. The van der Waals surface area contributed by atoms with Crippen molar-refractivity contribution in [3.63, 3.8) is 0 Å². The summed E-state index contributed by atoms with van der Waals surface area (Å²) in [7, 11) is 0. The molecule has 2 aromatic carbocycles. The summed E-state index contributed by atoms with van der Waals surface area (Å²) in [5.41, 5.74) is 6.16. The van der Waals surface area contributed by atoms with E-state index in [2.05, 4.69) is 79.7 Å². The summed E-state index contributed by atoms with van der Waals surface area (Å²) >= 11 is 0. The molecule has 0 nitrogen and oxygen atoms in total. The maximum Gasteiger partial charge on any atom is -0.0123 e. The van der Waals surface area contributed by atoms with Crippen LogP contribution in [0.25, 0.3) is 10.8 Å². The Morgan fingerprint density at radius 3 is 1.85 bits per heavy atom. The Kier molecular flexibility index (Phi) is 3.48. The van der Waals surface area contributed by atoms with Crippen molar-refractivity contribution in [3.05, 3.63) is 46.5 Å². The van der Waals surface area contributed by atoms with E-state index in [1.807, 2.05) is 0 Å². The normalized spacial score (nSPS) is 13.0. The van der Waals surface area contributed by atoms with Crippen molar-refractivity contribution in [3.8, 4) is 0 Å². The Labute approximate surface area is 124 Å². The van der Waals surface area contributed by atoms with E-state index in [0.717, 1.165) is 0 Å². The van der Waals surface area contributed by atoms with Gasteiger partial charge in [0.2, 0.25) is 0 Å². The Bertz CT molecular complexity index is 646. The van der Waals surface area contributed by atoms with Gasteiger partial charge in [-0.3, -0.25) is 0 Å². The van der Waals surface area contributed by atoms with Crippen LogP contribution < -0.4 is 0 Å². The van der Waals surface area contributed by atoms with Crippen LogP contribution in [-0.2, 0) is 10.8 Å². The number of hydrogen-bond acceptors (Lipinski definition) is 0. The second-order valence-corrected chi connectivity index (χ2v) is 8.09. The third kappa shape index (κ3) is 2.49. The Morgan fingerprint density at radius 1 is 0.750 bits per heavy atom. The van der Waals surface area contributed by atoms with Gasteiger partial charge in [0.1, 0.15) is 0 Å². The van der Waals surface area contributed by atoms with Crippen LogP contribution in [0.2, 0.25) is 0 Å². The highest BCUT2D eigenvalue weighted by Crippen LogP contribution is 2.39. The van der Waals surface area contributed by atoms with Crippen LogP contribution in [0.1, 0.15) is 63.8 Å². The van der Waals surface area contributed by atoms with E-state index >= 15 is 0 Å². The van der Waals surface area contributed by atoms with Gasteiger partial charge in [0.15, 0.2) is 0 Å². The maximum absolute atomic E-state index is 2.41. The lowest BCUT2D eigenvalue weighted by Gasteiger charge is -2.31. The first-order valence-electron chi connectivity index (χ1n) is 7.57. The van der Waals surface area contributed by atoms with Crippen LogP contribution in [0.3, 0.4) is 0 Å². The van der Waals surface area contributed by atoms with Gasteiger partial charge in [-0.25, -0.2) is 0 Å². The Morgan fingerprint density at radius 2 is 1.35 bits per heavy atom. The zero-order chi connectivity index (χ0) is 15.3. The van der Waals surface area contributed by atoms with Gasteiger partial charge in [0, 0.05) is 0 Å². The highest BCUT2D eigenvalue weighted by Gasteiger charge is 2.26. The van der Waals surface area contributed by atoms with Gasteiger partial charge in [-0.05, 0) is 57.7 Å². The summed E-state index contributed by atoms with van der Waals surface area (Å²) in [6, 6.07) is 9.09. The molecule has 0 heterocycles. The molecule has 0 radical (unpaired) electrons. The summed E-state index contributed by atoms with van der Waals surface area (Å²) in [6.45, 7) is 18.4. The van der Waals surface area contributed by atoms with Gasteiger partial charge >= 0.3 is 0 Å². The monoisotopic (exact) mass is 268 g/mol. The zero-order valence-corrected chi connectivity index (χ0v) is 14.3. The topological polar surface area (TPSA) is 0 Å². The number of hydrogen-bond donors (Lipinski definition) is 0. The second-order valence-electron chi connectivity index (χ2n) is 8.09. The molecule has 0 unspecified atom stereocenters. The largest absolute Gasteiger partial charge is 0.0614 e. The van der Waals surface area contributed by atoms with Crippen LogP contribution in [0.5, 0.6) is 0 Å². The summed E-state index contributed by atoms with van der Waals surface area (Å²) in [5, 5.41) is 2.83.